The minimum absolute atomic E-state index is 0.130. The minimum atomic E-state index is -3.58. The molecule has 65 valence electrons. The largest absolute Gasteiger partial charge is 0.314 e. The molecular formula is C5H12N3O2S. The van der Waals surface area contributed by atoms with Crippen molar-refractivity contribution in [2.75, 3.05) is 32.1 Å². The SMILES string of the molecule is [NH]S(=O)(=O)CN1CCNCC1. The first-order valence-electron chi connectivity index (χ1n) is 3.48. The van der Waals surface area contributed by atoms with Crippen molar-refractivity contribution in [1.82, 2.24) is 15.4 Å². The monoisotopic (exact) mass is 178 g/mol. The number of hydrogen-bond acceptors (Lipinski definition) is 4. The molecule has 0 aromatic carbocycles. The fourth-order valence-electron chi connectivity index (χ4n) is 1.08. The number of sulfonamides is 1. The summed E-state index contributed by atoms with van der Waals surface area (Å²) in [5, 5.41) is 9.78. The third kappa shape index (κ3) is 3.66. The van der Waals surface area contributed by atoms with E-state index >= 15 is 0 Å². The molecule has 6 heteroatoms. The molecule has 5 nitrogen and oxygen atoms in total. The summed E-state index contributed by atoms with van der Waals surface area (Å²) in [7, 11) is -3.58. The zero-order valence-electron chi connectivity index (χ0n) is 6.21. The van der Waals surface area contributed by atoms with Crippen LogP contribution in [0.4, 0.5) is 0 Å². The van der Waals surface area contributed by atoms with E-state index in [9.17, 15) is 8.42 Å². The van der Waals surface area contributed by atoms with Crippen molar-refractivity contribution in [2.45, 2.75) is 0 Å². The normalized spacial score (nSPS) is 21.9. The maximum Gasteiger partial charge on any atom is 0.238 e. The third-order valence-corrected chi connectivity index (χ3v) is 2.27. The molecule has 1 aliphatic heterocycles. The van der Waals surface area contributed by atoms with Crippen molar-refractivity contribution in [3.05, 3.63) is 0 Å². The summed E-state index contributed by atoms with van der Waals surface area (Å²) in [6.45, 7) is 3.07. The van der Waals surface area contributed by atoms with Gasteiger partial charge in [0, 0.05) is 26.2 Å². The van der Waals surface area contributed by atoms with E-state index in [1.165, 1.54) is 0 Å². The lowest BCUT2D eigenvalue weighted by Crippen LogP contribution is -2.45. The Balaban J connectivity index is 2.36. The second-order valence-corrected chi connectivity index (χ2v) is 4.10. The highest BCUT2D eigenvalue weighted by molar-refractivity contribution is 7.88. The van der Waals surface area contributed by atoms with Crippen molar-refractivity contribution < 1.29 is 8.42 Å². The number of hydrogen-bond donors (Lipinski definition) is 1. The smallest absolute Gasteiger partial charge is 0.238 e. The van der Waals surface area contributed by atoms with Crippen molar-refractivity contribution >= 4 is 10.0 Å². The average Bonchev–Trinajstić information content (AvgIpc) is 1.85. The first-order chi connectivity index (χ1) is 5.08. The van der Waals surface area contributed by atoms with E-state index in [0.29, 0.717) is 0 Å². The van der Waals surface area contributed by atoms with Crippen LogP contribution in [0.3, 0.4) is 0 Å². The van der Waals surface area contributed by atoms with Crippen LogP contribution in [-0.4, -0.2) is 45.4 Å². The highest BCUT2D eigenvalue weighted by Gasteiger charge is 2.14. The summed E-state index contributed by atoms with van der Waals surface area (Å²) in [5.74, 6) is -0.130. The van der Waals surface area contributed by atoms with Crippen molar-refractivity contribution in [3.8, 4) is 0 Å². The van der Waals surface area contributed by atoms with Gasteiger partial charge >= 0.3 is 0 Å². The van der Waals surface area contributed by atoms with Crippen LogP contribution in [0.1, 0.15) is 0 Å². The maximum absolute atomic E-state index is 10.5. The summed E-state index contributed by atoms with van der Waals surface area (Å²) in [6.07, 6.45) is 0. The number of piperazine rings is 1. The van der Waals surface area contributed by atoms with Crippen LogP contribution in [0, 0.1) is 0 Å². The summed E-state index contributed by atoms with van der Waals surface area (Å²) >= 11 is 0. The fraction of sp³-hybridized carbons (Fsp3) is 1.00. The fourth-order valence-corrected chi connectivity index (χ4v) is 1.82. The topological polar surface area (TPSA) is 73.2 Å². The summed E-state index contributed by atoms with van der Waals surface area (Å²) in [5.41, 5.74) is 0. The minimum Gasteiger partial charge on any atom is -0.314 e. The van der Waals surface area contributed by atoms with Crippen LogP contribution < -0.4 is 10.5 Å². The molecule has 0 bridgehead atoms. The van der Waals surface area contributed by atoms with Gasteiger partial charge in [0.1, 0.15) is 5.88 Å². The predicted octanol–water partition coefficient (Wildman–Crippen LogP) is -1.54. The van der Waals surface area contributed by atoms with E-state index in [0.717, 1.165) is 26.2 Å². The molecule has 1 radical (unpaired) electrons. The van der Waals surface area contributed by atoms with Crippen LogP contribution in [-0.2, 0) is 10.0 Å². The van der Waals surface area contributed by atoms with Crippen LogP contribution in [0.25, 0.3) is 0 Å². The van der Waals surface area contributed by atoms with Gasteiger partial charge in [-0.15, -0.1) is 5.14 Å². The second kappa shape index (κ2) is 3.48. The lowest BCUT2D eigenvalue weighted by molar-refractivity contribution is 0.274. The molecule has 1 heterocycles. The number of nitrogens with zero attached hydrogens (tertiary/aromatic N) is 1. The van der Waals surface area contributed by atoms with Crippen molar-refractivity contribution in [1.29, 1.82) is 0 Å². The molecule has 0 saturated carbocycles. The predicted molar refractivity (Wildman–Crippen MR) is 41.3 cm³/mol. The quantitative estimate of drug-likeness (QED) is 0.556. The zero-order valence-corrected chi connectivity index (χ0v) is 7.02. The van der Waals surface area contributed by atoms with Gasteiger partial charge in [-0.25, -0.2) is 8.42 Å². The van der Waals surface area contributed by atoms with Gasteiger partial charge in [0.15, 0.2) is 0 Å². The van der Waals surface area contributed by atoms with Gasteiger partial charge in [-0.2, -0.15) is 0 Å². The number of nitrogens with one attached hydrogen (secondary N) is 2. The molecular weight excluding hydrogens is 166 g/mol. The Morgan fingerprint density at radius 2 is 1.91 bits per heavy atom. The Hall–Kier alpha value is -0.170. The van der Waals surface area contributed by atoms with Crippen LogP contribution in [0.15, 0.2) is 0 Å². The molecule has 11 heavy (non-hydrogen) atoms. The van der Waals surface area contributed by atoms with E-state index in [2.05, 4.69) is 5.32 Å². The second-order valence-electron chi connectivity index (χ2n) is 2.61. The van der Waals surface area contributed by atoms with Gasteiger partial charge in [-0.3, -0.25) is 4.90 Å². The highest BCUT2D eigenvalue weighted by atomic mass is 32.2. The van der Waals surface area contributed by atoms with Crippen LogP contribution in [0.2, 0.25) is 0 Å². The van der Waals surface area contributed by atoms with E-state index in [1.54, 1.807) is 4.90 Å². The molecule has 0 aromatic rings. The first kappa shape index (κ1) is 8.92. The molecule has 0 aliphatic carbocycles. The molecule has 1 fully saturated rings. The Kier molecular flexibility index (Phi) is 2.83. The highest BCUT2D eigenvalue weighted by Crippen LogP contribution is 1.94. The standard InChI is InChI=1S/C5H12N3O2S/c6-11(9,10)5-8-3-1-7-2-4-8/h6-7H,1-5H2. The average molecular weight is 178 g/mol. The summed E-state index contributed by atoms with van der Waals surface area (Å²) < 4.78 is 21.0. The van der Waals surface area contributed by atoms with Gasteiger partial charge in [0.05, 0.1) is 0 Å². The molecule has 0 unspecified atom stereocenters. The maximum atomic E-state index is 10.5. The van der Waals surface area contributed by atoms with Gasteiger partial charge in [-0.1, -0.05) is 0 Å². The van der Waals surface area contributed by atoms with Gasteiger partial charge in [-0.05, 0) is 0 Å². The van der Waals surface area contributed by atoms with Crippen LogP contribution >= 0.6 is 0 Å². The molecule has 0 spiro atoms. The van der Waals surface area contributed by atoms with Gasteiger partial charge < -0.3 is 5.32 Å². The first-order valence-corrected chi connectivity index (χ1v) is 5.13. The number of rotatable bonds is 2. The van der Waals surface area contributed by atoms with E-state index in [1.807, 2.05) is 0 Å². The lowest BCUT2D eigenvalue weighted by atomic mass is 10.4. The lowest BCUT2D eigenvalue weighted by Gasteiger charge is -2.25. The molecule has 0 amide bonds. The summed E-state index contributed by atoms with van der Waals surface area (Å²) in [6, 6.07) is 0. The Morgan fingerprint density at radius 1 is 1.36 bits per heavy atom. The van der Waals surface area contributed by atoms with E-state index in [4.69, 9.17) is 5.14 Å². The molecule has 1 rings (SSSR count). The summed E-state index contributed by atoms with van der Waals surface area (Å²) in [4.78, 5) is 1.76. The Bertz CT molecular complexity index is 208. The van der Waals surface area contributed by atoms with Gasteiger partial charge in [0.25, 0.3) is 0 Å². The Morgan fingerprint density at radius 3 is 2.36 bits per heavy atom. The third-order valence-electron chi connectivity index (χ3n) is 1.56. The van der Waals surface area contributed by atoms with Crippen molar-refractivity contribution in [2.24, 2.45) is 0 Å². The van der Waals surface area contributed by atoms with E-state index in [-0.39, 0.29) is 5.88 Å². The Labute approximate surface area is 66.6 Å². The zero-order chi connectivity index (χ0) is 8.32. The molecule has 1 saturated heterocycles. The molecule has 0 aromatic heterocycles. The van der Waals surface area contributed by atoms with E-state index < -0.39 is 10.0 Å². The molecule has 0 atom stereocenters. The van der Waals surface area contributed by atoms with Crippen LogP contribution in [0.5, 0.6) is 0 Å². The molecule has 1 aliphatic rings. The molecule has 2 N–H and O–H groups in total. The van der Waals surface area contributed by atoms with Gasteiger partial charge in [0.2, 0.25) is 10.0 Å². The van der Waals surface area contributed by atoms with Crippen molar-refractivity contribution in [3.63, 3.8) is 0 Å².